The van der Waals surface area contributed by atoms with Gasteiger partial charge in [-0.15, -0.1) is 0 Å². The van der Waals surface area contributed by atoms with Gasteiger partial charge in [0.15, 0.2) is 0 Å². The van der Waals surface area contributed by atoms with Crippen molar-refractivity contribution in [2.75, 3.05) is 0 Å². The van der Waals surface area contributed by atoms with Gasteiger partial charge in [0.05, 0.1) is 0 Å². The van der Waals surface area contributed by atoms with Crippen molar-refractivity contribution < 1.29 is 24.6 Å². The summed E-state index contributed by atoms with van der Waals surface area (Å²) in [6.45, 7) is 2.22. The van der Waals surface area contributed by atoms with Crippen LogP contribution in [-0.2, 0) is 14.4 Å². The van der Waals surface area contributed by atoms with Crippen LogP contribution in [-0.4, -0.2) is 34.1 Å². The maximum absolute atomic E-state index is 11.8. The van der Waals surface area contributed by atoms with Gasteiger partial charge in [-0.2, -0.15) is 0 Å². The van der Waals surface area contributed by atoms with Crippen molar-refractivity contribution in [3.63, 3.8) is 0 Å². The van der Waals surface area contributed by atoms with Gasteiger partial charge in [-0.1, -0.05) is 63.3 Å². The molecule has 0 saturated carbocycles. The summed E-state index contributed by atoms with van der Waals surface area (Å²) < 4.78 is 0. The molecule has 6 nitrogen and oxygen atoms in total. The Morgan fingerprint density at radius 2 is 1.38 bits per heavy atom. The van der Waals surface area contributed by atoms with Crippen LogP contribution in [0.2, 0.25) is 0 Å². The van der Waals surface area contributed by atoms with Crippen molar-refractivity contribution in [2.24, 2.45) is 0 Å². The third kappa shape index (κ3) is 19.0. The molecular weight excluding hydrogens is 370 g/mol. The van der Waals surface area contributed by atoms with Gasteiger partial charge in [0.2, 0.25) is 5.91 Å². The lowest BCUT2D eigenvalue weighted by Gasteiger charge is -2.13. The first kappa shape index (κ1) is 26.9. The Morgan fingerprint density at radius 1 is 0.793 bits per heavy atom. The molecule has 0 aromatic rings. The smallest absolute Gasteiger partial charge is 0.326 e. The second-order valence-electron chi connectivity index (χ2n) is 7.37. The highest BCUT2D eigenvalue weighted by Gasteiger charge is 2.20. The summed E-state index contributed by atoms with van der Waals surface area (Å²) in [5.74, 6) is -2.59. The monoisotopic (exact) mass is 409 g/mol. The molecule has 1 atom stereocenters. The van der Waals surface area contributed by atoms with E-state index >= 15 is 0 Å². The molecule has 0 aliphatic carbocycles. The Labute approximate surface area is 175 Å². The van der Waals surface area contributed by atoms with E-state index in [9.17, 15) is 14.4 Å². The number of carbonyl (C=O) groups is 3. The number of hydrogen-bond acceptors (Lipinski definition) is 3. The number of carbonyl (C=O) groups excluding carboxylic acids is 1. The molecule has 0 aromatic carbocycles. The molecule has 0 fully saturated rings. The molecular formula is C23H39NO5. The summed E-state index contributed by atoms with van der Waals surface area (Å²) in [5, 5.41) is 20.0. The van der Waals surface area contributed by atoms with Crippen LogP contribution in [0.4, 0.5) is 0 Å². The molecule has 0 saturated heterocycles. The van der Waals surface area contributed by atoms with Crippen molar-refractivity contribution in [3.05, 3.63) is 24.3 Å². The zero-order valence-electron chi connectivity index (χ0n) is 17.9. The second-order valence-corrected chi connectivity index (χ2v) is 7.37. The fourth-order valence-corrected chi connectivity index (χ4v) is 2.89. The molecule has 0 unspecified atom stereocenters. The third-order valence-electron chi connectivity index (χ3n) is 4.63. The molecule has 0 rings (SSSR count). The SMILES string of the molecule is CCCCCC=CCC=CCCCCCCCC(=O)N[C@@H](CCC(=O)O)C(=O)O. The minimum Gasteiger partial charge on any atom is -0.481 e. The highest BCUT2D eigenvalue weighted by Crippen LogP contribution is 2.09. The lowest BCUT2D eigenvalue weighted by molar-refractivity contribution is -0.143. The fraction of sp³-hybridized carbons (Fsp3) is 0.696. The van der Waals surface area contributed by atoms with Gasteiger partial charge in [-0.25, -0.2) is 4.79 Å². The molecule has 0 radical (unpaired) electrons. The van der Waals surface area contributed by atoms with Crippen molar-refractivity contribution >= 4 is 17.8 Å². The molecule has 0 aliphatic rings. The largest absolute Gasteiger partial charge is 0.481 e. The molecule has 0 spiro atoms. The van der Waals surface area contributed by atoms with Crippen molar-refractivity contribution in [1.82, 2.24) is 5.32 Å². The zero-order valence-corrected chi connectivity index (χ0v) is 17.9. The Hall–Kier alpha value is -2.11. The van der Waals surface area contributed by atoms with Crippen LogP contribution in [0, 0.1) is 0 Å². The van der Waals surface area contributed by atoms with Gasteiger partial charge in [0.25, 0.3) is 0 Å². The summed E-state index contributed by atoms with van der Waals surface area (Å²) in [4.78, 5) is 33.4. The van der Waals surface area contributed by atoms with E-state index in [2.05, 4.69) is 36.5 Å². The Balaban J connectivity index is 3.61. The van der Waals surface area contributed by atoms with Gasteiger partial charge in [-0.05, 0) is 44.9 Å². The minimum atomic E-state index is -1.19. The van der Waals surface area contributed by atoms with E-state index in [1.807, 2.05) is 0 Å². The van der Waals surface area contributed by atoms with E-state index in [0.29, 0.717) is 0 Å². The van der Waals surface area contributed by atoms with Crippen LogP contribution in [0.1, 0.15) is 96.8 Å². The molecule has 166 valence electrons. The topological polar surface area (TPSA) is 104 Å². The first-order chi connectivity index (χ1) is 14.0. The highest BCUT2D eigenvalue weighted by molar-refractivity contribution is 5.83. The van der Waals surface area contributed by atoms with E-state index in [4.69, 9.17) is 10.2 Å². The Kier molecular flexibility index (Phi) is 17.8. The third-order valence-corrected chi connectivity index (χ3v) is 4.63. The molecule has 0 aliphatic heterocycles. The van der Waals surface area contributed by atoms with E-state index in [1.165, 1.54) is 25.7 Å². The molecule has 0 aromatic heterocycles. The molecule has 0 heterocycles. The molecule has 3 N–H and O–H groups in total. The normalized spacial score (nSPS) is 12.4. The molecule has 6 heteroatoms. The number of aliphatic carboxylic acids is 2. The maximum atomic E-state index is 11.8. The lowest BCUT2D eigenvalue weighted by atomic mass is 10.1. The van der Waals surface area contributed by atoms with Crippen LogP contribution in [0.15, 0.2) is 24.3 Å². The van der Waals surface area contributed by atoms with E-state index in [-0.39, 0.29) is 25.2 Å². The number of rotatable bonds is 19. The van der Waals surface area contributed by atoms with Crippen LogP contribution in [0.3, 0.4) is 0 Å². The summed E-state index contributed by atoms with van der Waals surface area (Å²) in [7, 11) is 0. The van der Waals surface area contributed by atoms with E-state index in [0.717, 1.165) is 44.9 Å². The molecule has 1 amide bonds. The maximum Gasteiger partial charge on any atom is 0.326 e. The lowest BCUT2D eigenvalue weighted by Crippen LogP contribution is -2.41. The van der Waals surface area contributed by atoms with Crippen molar-refractivity contribution in [3.8, 4) is 0 Å². The second kappa shape index (κ2) is 19.2. The quantitative estimate of drug-likeness (QED) is 0.200. The van der Waals surface area contributed by atoms with E-state index < -0.39 is 18.0 Å². The zero-order chi connectivity index (χ0) is 21.7. The summed E-state index contributed by atoms with van der Waals surface area (Å²) >= 11 is 0. The van der Waals surface area contributed by atoms with Crippen LogP contribution >= 0.6 is 0 Å². The number of hydrogen-bond donors (Lipinski definition) is 3. The number of unbranched alkanes of at least 4 members (excludes halogenated alkanes) is 8. The van der Waals surface area contributed by atoms with Gasteiger partial charge in [0.1, 0.15) is 6.04 Å². The van der Waals surface area contributed by atoms with Crippen molar-refractivity contribution in [1.29, 1.82) is 0 Å². The van der Waals surface area contributed by atoms with Crippen LogP contribution < -0.4 is 5.32 Å². The predicted octanol–water partition coefficient (Wildman–Crippen LogP) is 5.23. The van der Waals surface area contributed by atoms with Crippen molar-refractivity contribution in [2.45, 2.75) is 103 Å². The summed E-state index contributed by atoms with van der Waals surface area (Å²) in [6, 6.07) is -1.13. The van der Waals surface area contributed by atoms with Crippen LogP contribution in [0.25, 0.3) is 0 Å². The van der Waals surface area contributed by atoms with Gasteiger partial charge in [-0.3, -0.25) is 9.59 Å². The Morgan fingerprint density at radius 3 is 1.97 bits per heavy atom. The molecule has 0 bridgehead atoms. The fourth-order valence-electron chi connectivity index (χ4n) is 2.89. The minimum absolute atomic E-state index is 0.0986. The average molecular weight is 410 g/mol. The Bertz CT molecular complexity index is 513. The van der Waals surface area contributed by atoms with Crippen LogP contribution in [0.5, 0.6) is 0 Å². The standard InChI is InChI=1S/C23H39NO5/c1-2-3-4-5-6-7-8-9-10-11-12-13-14-15-16-17-21(25)24-20(23(28)29)18-19-22(26)27/h6-7,9-10,20H,2-5,8,11-19H2,1H3,(H,24,25)(H,26,27)(H,28,29)/t20-/m0/s1. The number of amides is 1. The summed E-state index contributed by atoms with van der Waals surface area (Å²) in [5.41, 5.74) is 0. The van der Waals surface area contributed by atoms with Gasteiger partial charge < -0.3 is 15.5 Å². The van der Waals surface area contributed by atoms with Gasteiger partial charge >= 0.3 is 11.9 Å². The molecule has 29 heavy (non-hydrogen) atoms. The first-order valence-corrected chi connectivity index (χ1v) is 11.0. The first-order valence-electron chi connectivity index (χ1n) is 11.0. The summed E-state index contributed by atoms with van der Waals surface area (Å²) in [6.07, 6.45) is 20.9. The number of nitrogens with one attached hydrogen (secondary N) is 1. The highest BCUT2D eigenvalue weighted by atomic mass is 16.4. The number of allylic oxidation sites excluding steroid dienone is 4. The van der Waals surface area contributed by atoms with E-state index in [1.54, 1.807) is 0 Å². The van der Waals surface area contributed by atoms with Gasteiger partial charge in [0, 0.05) is 12.8 Å². The predicted molar refractivity (Wildman–Crippen MR) is 116 cm³/mol. The average Bonchev–Trinajstić information content (AvgIpc) is 2.67. The number of carboxylic acids is 2. The number of carboxylic acid groups (broad SMARTS) is 2.